The molecular formula is C18H14FN9O2. The maximum Gasteiger partial charge on any atom is 0.273 e. The average Bonchev–Trinajstić information content (AvgIpc) is 3.16. The Morgan fingerprint density at radius 2 is 1.87 bits per heavy atom. The van der Waals surface area contributed by atoms with Crippen LogP contribution in [0.2, 0.25) is 0 Å². The van der Waals surface area contributed by atoms with Crippen molar-refractivity contribution < 1.29 is 14.0 Å². The van der Waals surface area contributed by atoms with Crippen LogP contribution in [0.3, 0.4) is 0 Å². The van der Waals surface area contributed by atoms with Crippen LogP contribution in [-0.4, -0.2) is 41.6 Å². The van der Waals surface area contributed by atoms with E-state index < -0.39 is 17.6 Å². The Morgan fingerprint density at radius 1 is 1.03 bits per heavy atom. The summed E-state index contributed by atoms with van der Waals surface area (Å²) in [5.41, 5.74) is 11.5. The lowest BCUT2D eigenvalue weighted by Crippen LogP contribution is -2.19. The number of benzene rings is 1. The summed E-state index contributed by atoms with van der Waals surface area (Å²) < 4.78 is 14.9. The number of nitrogens with two attached hydrogens (primary N) is 2. The number of anilines is 1. The second kappa shape index (κ2) is 7.50. The molecule has 0 aliphatic rings. The molecule has 0 radical (unpaired) electrons. The standard InChI is InChI=1S/C18H14FN9O2/c19-10-4-1-3-9(7-10)8-22-15-12(14(21)30)24-25-16(23-15)18-27-26-17-11(13(20)29)5-2-6-28(17)18/h1-7H,8H2,(H2,20,29)(H2,21,30)(H,22,23,25). The second-order valence-corrected chi connectivity index (χ2v) is 6.18. The Labute approximate surface area is 168 Å². The summed E-state index contributed by atoms with van der Waals surface area (Å²) in [6, 6.07) is 9.02. The highest BCUT2D eigenvalue weighted by molar-refractivity contribution is 5.98. The molecular weight excluding hydrogens is 393 g/mol. The monoisotopic (exact) mass is 407 g/mol. The van der Waals surface area contributed by atoms with Crippen molar-refractivity contribution in [2.75, 3.05) is 5.32 Å². The topological polar surface area (TPSA) is 167 Å². The molecule has 150 valence electrons. The third-order valence-electron chi connectivity index (χ3n) is 4.17. The number of nitrogens with one attached hydrogen (secondary N) is 1. The summed E-state index contributed by atoms with van der Waals surface area (Å²) in [5, 5.41) is 18.6. The summed E-state index contributed by atoms with van der Waals surface area (Å²) in [6.45, 7) is 0.155. The molecule has 0 aliphatic carbocycles. The van der Waals surface area contributed by atoms with Crippen LogP contribution < -0.4 is 16.8 Å². The molecule has 0 atom stereocenters. The van der Waals surface area contributed by atoms with Crippen molar-refractivity contribution in [3.63, 3.8) is 0 Å². The first-order valence-corrected chi connectivity index (χ1v) is 8.61. The Bertz CT molecular complexity index is 1290. The van der Waals surface area contributed by atoms with E-state index in [1.165, 1.54) is 22.6 Å². The average molecular weight is 407 g/mol. The number of pyridine rings is 1. The Morgan fingerprint density at radius 3 is 2.60 bits per heavy atom. The zero-order valence-electron chi connectivity index (χ0n) is 15.3. The Hall–Kier alpha value is -4.48. The van der Waals surface area contributed by atoms with Crippen LogP contribution in [0.15, 0.2) is 42.6 Å². The van der Waals surface area contributed by atoms with Crippen LogP contribution in [0.1, 0.15) is 26.4 Å². The van der Waals surface area contributed by atoms with Crippen molar-refractivity contribution in [3.05, 3.63) is 65.2 Å². The number of carbonyl (C=O) groups is 2. The van der Waals surface area contributed by atoms with Crippen LogP contribution in [-0.2, 0) is 6.54 Å². The number of aromatic nitrogens is 6. The van der Waals surface area contributed by atoms with Gasteiger partial charge in [-0.2, -0.15) is 0 Å². The largest absolute Gasteiger partial charge is 0.365 e. The van der Waals surface area contributed by atoms with Gasteiger partial charge in [0.05, 0.1) is 5.56 Å². The number of halogens is 1. The molecule has 0 aliphatic heterocycles. The van der Waals surface area contributed by atoms with Gasteiger partial charge in [0, 0.05) is 12.7 Å². The zero-order chi connectivity index (χ0) is 21.3. The van der Waals surface area contributed by atoms with Gasteiger partial charge in [0.2, 0.25) is 11.6 Å². The first kappa shape index (κ1) is 18.9. The second-order valence-electron chi connectivity index (χ2n) is 6.18. The number of rotatable bonds is 6. The molecule has 0 spiro atoms. The minimum atomic E-state index is -0.842. The molecule has 12 heteroatoms. The van der Waals surface area contributed by atoms with Gasteiger partial charge in [-0.05, 0) is 29.8 Å². The molecule has 3 heterocycles. The third-order valence-corrected chi connectivity index (χ3v) is 4.17. The van der Waals surface area contributed by atoms with Crippen molar-refractivity contribution in [2.24, 2.45) is 11.5 Å². The number of hydrogen-bond donors (Lipinski definition) is 3. The summed E-state index contributed by atoms with van der Waals surface area (Å²) >= 11 is 0. The molecule has 2 amide bonds. The maximum atomic E-state index is 13.4. The number of amides is 2. The van der Waals surface area contributed by atoms with Crippen molar-refractivity contribution in [3.8, 4) is 11.6 Å². The van der Waals surface area contributed by atoms with E-state index in [1.807, 2.05) is 0 Å². The highest BCUT2D eigenvalue weighted by atomic mass is 19.1. The molecule has 0 saturated heterocycles. The summed E-state index contributed by atoms with van der Waals surface area (Å²) in [4.78, 5) is 27.6. The van der Waals surface area contributed by atoms with Crippen molar-refractivity contribution in [1.29, 1.82) is 0 Å². The van der Waals surface area contributed by atoms with Gasteiger partial charge in [-0.1, -0.05) is 12.1 Å². The van der Waals surface area contributed by atoms with Crippen LogP contribution in [0.5, 0.6) is 0 Å². The van der Waals surface area contributed by atoms with Gasteiger partial charge < -0.3 is 16.8 Å². The SMILES string of the molecule is NC(=O)c1nnc(-c2nnc3c(C(N)=O)cccn23)nc1NCc1cccc(F)c1. The van der Waals surface area contributed by atoms with Gasteiger partial charge in [-0.25, -0.2) is 9.37 Å². The lowest BCUT2D eigenvalue weighted by molar-refractivity contribution is 0.0989. The fraction of sp³-hybridized carbons (Fsp3) is 0.0556. The van der Waals surface area contributed by atoms with E-state index in [-0.39, 0.29) is 40.9 Å². The van der Waals surface area contributed by atoms with Gasteiger partial charge in [-0.3, -0.25) is 14.0 Å². The van der Waals surface area contributed by atoms with Crippen molar-refractivity contribution >= 4 is 23.3 Å². The van der Waals surface area contributed by atoms with Crippen LogP contribution in [0.4, 0.5) is 10.2 Å². The Balaban J connectivity index is 1.74. The van der Waals surface area contributed by atoms with Crippen LogP contribution in [0, 0.1) is 5.82 Å². The van der Waals surface area contributed by atoms with E-state index in [4.69, 9.17) is 11.5 Å². The minimum Gasteiger partial charge on any atom is -0.365 e. The lowest BCUT2D eigenvalue weighted by Gasteiger charge is -2.09. The van der Waals surface area contributed by atoms with Gasteiger partial charge in [0.15, 0.2) is 17.2 Å². The van der Waals surface area contributed by atoms with Crippen LogP contribution in [0.25, 0.3) is 17.3 Å². The number of carbonyl (C=O) groups excluding carboxylic acids is 2. The van der Waals surface area contributed by atoms with Gasteiger partial charge >= 0.3 is 0 Å². The van der Waals surface area contributed by atoms with E-state index in [2.05, 4.69) is 30.7 Å². The summed E-state index contributed by atoms with van der Waals surface area (Å²) in [7, 11) is 0. The summed E-state index contributed by atoms with van der Waals surface area (Å²) in [5.74, 6) is -1.67. The lowest BCUT2D eigenvalue weighted by atomic mass is 10.2. The first-order chi connectivity index (χ1) is 14.4. The predicted octanol–water partition coefficient (Wildman–Crippen LogP) is 0.530. The highest BCUT2D eigenvalue weighted by Crippen LogP contribution is 2.19. The number of fused-ring (bicyclic) bond motifs is 1. The third kappa shape index (κ3) is 3.48. The molecule has 5 N–H and O–H groups in total. The van der Waals surface area contributed by atoms with E-state index in [1.54, 1.807) is 24.4 Å². The smallest absolute Gasteiger partial charge is 0.273 e. The molecule has 0 unspecified atom stereocenters. The minimum absolute atomic E-state index is 0.0239. The molecule has 3 aromatic heterocycles. The zero-order valence-corrected chi connectivity index (χ0v) is 15.3. The molecule has 1 aromatic carbocycles. The molecule has 0 bridgehead atoms. The molecule has 11 nitrogen and oxygen atoms in total. The quantitative estimate of drug-likeness (QED) is 0.416. The number of hydrogen-bond acceptors (Lipinski definition) is 8. The van der Waals surface area contributed by atoms with Crippen LogP contribution >= 0.6 is 0 Å². The summed E-state index contributed by atoms with van der Waals surface area (Å²) in [6.07, 6.45) is 1.60. The van der Waals surface area contributed by atoms with Crippen molar-refractivity contribution in [2.45, 2.75) is 6.54 Å². The van der Waals surface area contributed by atoms with Gasteiger partial charge in [-0.15, -0.1) is 20.4 Å². The fourth-order valence-electron chi connectivity index (χ4n) is 2.80. The van der Waals surface area contributed by atoms with Gasteiger partial charge in [0.1, 0.15) is 5.82 Å². The predicted molar refractivity (Wildman–Crippen MR) is 103 cm³/mol. The van der Waals surface area contributed by atoms with E-state index in [9.17, 15) is 14.0 Å². The fourth-order valence-corrected chi connectivity index (χ4v) is 2.80. The molecule has 0 fully saturated rings. The molecule has 0 saturated carbocycles. The normalized spacial score (nSPS) is 10.8. The Kier molecular flexibility index (Phi) is 4.72. The van der Waals surface area contributed by atoms with E-state index in [0.717, 1.165) is 0 Å². The number of primary amides is 2. The van der Waals surface area contributed by atoms with E-state index >= 15 is 0 Å². The van der Waals surface area contributed by atoms with Gasteiger partial charge in [0.25, 0.3) is 11.8 Å². The van der Waals surface area contributed by atoms with Crippen molar-refractivity contribution in [1.82, 2.24) is 29.8 Å². The molecule has 4 aromatic rings. The molecule has 30 heavy (non-hydrogen) atoms. The number of nitrogens with zero attached hydrogens (tertiary/aromatic N) is 6. The molecule has 4 rings (SSSR count). The maximum absolute atomic E-state index is 13.4. The first-order valence-electron chi connectivity index (χ1n) is 8.61. The highest BCUT2D eigenvalue weighted by Gasteiger charge is 2.20. The van der Waals surface area contributed by atoms with E-state index in [0.29, 0.717) is 5.56 Å².